The van der Waals surface area contributed by atoms with Crippen LogP contribution in [-0.2, 0) is 6.42 Å². The number of imidazole rings is 1. The molecule has 1 aromatic heterocycles. The molecule has 1 heterocycles. The Morgan fingerprint density at radius 2 is 1.80 bits per heavy atom. The van der Waals surface area contributed by atoms with Crippen LogP contribution in [0.3, 0.4) is 0 Å². The van der Waals surface area contributed by atoms with Crippen LogP contribution in [0.2, 0.25) is 0 Å². The Morgan fingerprint density at radius 1 is 1.13 bits per heavy atom. The van der Waals surface area contributed by atoms with E-state index in [1.54, 1.807) is 6.33 Å². The van der Waals surface area contributed by atoms with Gasteiger partial charge < -0.3 is 4.98 Å². The summed E-state index contributed by atoms with van der Waals surface area (Å²) in [5.41, 5.74) is 6.40. The minimum atomic E-state index is 0.924. The standard InChI is InChI=1S/C13H16N2/c1-9-5-4-6-10(2)12(9)7-13-11(3)14-8-15-13/h4-6,8H,7H2,1-3H3,(H,14,15). The Balaban J connectivity index is 2.36. The van der Waals surface area contributed by atoms with Crippen LogP contribution in [-0.4, -0.2) is 9.97 Å². The minimum absolute atomic E-state index is 0.924. The number of aromatic nitrogens is 2. The Bertz CT molecular complexity index is 449. The fourth-order valence-electron chi connectivity index (χ4n) is 1.86. The van der Waals surface area contributed by atoms with E-state index in [2.05, 4.69) is 48.9 Å². The number of hydrogen-bond acceptors (Lipinski definition) is 1. The number of nitrogens with zero attached hydrogens (tertiary/aromatic N) is 1. The molecular formula is C13H16N2. The molecule has 0 atom stereocenters. The minimum Gasteiger partial charge on any atom is -0.348 e. The fraction of sp³-hybridized carbons (Fsp3) is 0.308. The summed E-state index contributed by atoms with van der Waals surface area (Å²) in [7, 11) is 0. The zero-order valence-electron chi connectivity index (χ0n) is 9.46. The first-order valence-corrected chi connectivity index (χ1v) is 5.22. The molecule has 2 aromatic rings. The number of H-pyrrole nitrogens is 1. The molecule has 0 saturated carbocycles. The quantitative estimate of drug-likeness (QED) is 0.793. The molecule has 0 amide bonds. The van der Waals surface area contributed by atoms with Crippen LogP contribution in [0.1, 0.15) is 28.1 Å². The SMILES string of the molecule is Cc1cccc(C)c1Cc1nc[nH]c1C. The number of rotatable bonds is 2. The molecule has 1 aromatic carbocycles. The molecule has 0 fully saturated rings. The Hall–Kier alpha value is -1.57. The van der Waals surface area contributed by atoms with Crippen molar-refractivity contribution in [3.05, 3.63) is 52.6 Å². The van der Waals surface area contributed by atoms with Gasteiger partial charge in [0.05, 0.1) is 12.0 Å². The van der Waals surface area contributed by atoms with Gasteiger partial charge in [-0.3, -0.25) is 0 Å². The summed E-state index contributed by atoms with van der Waals surface area (Å²) in [6.07, 6.45) is 2.69. The highest BCUT2D eigenvalue weighted by atomic mass is 14.9. The summed E-state index contributed by atoms with van der Waals surface area (Å²) in [4.78, 5) is 7.45. The number of aryl methyl sites for hydroxylation is 3. The van der Waals surface area contributed by atoms with Crippen molar-refractivity contribution in [1.29, 1.82) is 0 Å². The lowest BCUT2D eigenvalue weighted by Gasteiger charge is -2.08. The summed E-state index contributed by atoms with van der Waals surface area (Å²) in [5.74, 6) is 0. The third kappa shape index (κ3) is 1.94. The number of aromatic amines is 1. The van der Waals surface area contributed by atoms with Gasteiger partial charge in [0.1, 0.15) is 0 Å². The van der Waals surface area contributed by atoms with E-state index in [1.165, 1.54) is 16.7 Å². The topological polar surface area (TPSA) is 28.7 Å². The van der Waals surface area contributed by atoms with E-state index in [1.807, 2.05) is 0 Å². The molecule has 78 valence electrons. The Kier molecular flexibility index (Phi) is 2.58. The van der Waals surface area contributed by atoms with Crippen molar-refractivity contribution < 1.29 is 0 Å². The van der Waals surface area contributed by atoms with E-state index in [0.717, 1.165) is 17.8 Å². The van der Waals surface area contributed by atoms with E-state index in [4.69, 9.17) is 0 Å². The summed E-state index contributed by atoms with van der Waals surface area (Å²) in [5, 5.41) is 0. The lowest BCUT2D eigenvalue weighted by Crippen LogP contribution is -1.97. The monoisotopic (exact) mass is 200 g/mol. The maximum absolute atomic E-state index is 4.34. The number of nitrogens with one attached hydrogen (secondary N) is 1. The first-order valence-electron chi connectivity index (χ1n) is 5.22. The van der Waals surface area contributed by atoms with Gasteiger partial charge in [0.2, 0.25) is 0 Å². The van der Waals surface area contributed by atoms with Crippen LogP contribution in [0.15, 0.2) is 24.5 Å². The number of benzene rings is 1. The molecule has 1 N–H and O–H groups in total. The summed E-state index contributed by atoms with van der Waals surface area (Å²) in [6, 6.07) is 6.42. The van der Waals surface area contributed by atoms with Crippen molar-refractivity contribution in [3.63, 3.8) is 0 Å². The van der Waals surface area contributed by atoms with Gasteiger partial charge in [-0.15, -0.1) is 0 Å². The molecule has 0 radical (unpaired) electrons. The summed E-state index contributed by atoms with van der Waals surface area (Å²) < 4.78 is 0. The van der Waals surface area contributed by atoms with Crippen molar-refractivity contribution in [3.8, 4) is 0 Å². The molecule has 0 aliphatic heterocycles. The molecule has 0 aliphatic rings. The van der Waals surface area contributed by atoms with Crippen LogP contribution < -0.4 is 0 Å². The Labute approximate surface area is 90.4 Å². The largest absolute Gasteiger partial charge is 0.348 e. The second kappa shape index (κ2) is 3.89. The van der Waals surface area contributed by atoms with Crippen LogP contribution >= 0.6 is 0 Å². The van der Waals surface area contributed by atoms with Gasteiger partial charge in [-0.1, -0.05) is 18.2 Å². The van der Waals surface area contributed by atoms with E-state index in [-0.39, 0.29) is 0 Å². The first-order chi connectivity index (χ1) is 7.18. The zero-order valence-corrected chi connectivity index (χ0v) is 9.46. The smallest absolute Gasteiger partial charge is 0.0925 e. The van der Waals surface area contributed by atoms with Gasteiger partial charge >= 0.3 is 0 Å². The van der Waals surface area contributed by atoms with E-state index >= 15 is 0 Å². The zero-order chi connectivity index (χ0) is 10.8. The molecule has 2 rings (SSSR count). The van der Waals surface area contributed by atoms with Gasteiger partial charge in [0.25, 0.3) is 0 Å². The van der Waals surface area contributed by atoms with Crippen molar-refractivity contribution in [1.82, 2.24) is 9.97 Å². The first kappa shape index (κ1) is 9.97. The molecular weight excluding hydrogens is 184 g/mol. The lowest BCUT2D eigenvalue weighted by atomic mass is 9.98. The molecule has 0 saturated heterocycles. The average Bonchev–Trinajstić information content (AvgIpc) is 2.58. The highest BCUT2D eigenvalue weighted by Crippen LogP contribution is 2.17. The number of hydrogen-bond donors (Lipinski definition) is 1. The van der Waals surface area contributed by atoms with E-state index < -0.39 is 0 Å². The van der Waals surface area contributed by atoms with Crippen molar-refractivity contribution in [2.24, 2.45) is 0 Å². The molecule has 2 nitrogen and oxygen atoms in total. The van der Waals surface area contributed by atoms with Crippen molar-refractivity contribution in [2.75, 3.05) is 0 Å². The Morgan fingerprint density at radius 3 is 2.33 bits per heavy atom. The predicted octanol–water partition coefficient (Wildman–Crippen LogP) is 2.93. The van der Waals surface area contributed by atoms with Gasteiger partial charge in [-0.25, -0.2) is 4.98 Å². The third-order valence-corrected chi connectivity index (χ3v) is 2.92. The van der Waals surface area contributed by atoms with Crippen molar-refractivity contribution >= 4 is 0 Å². The highest BCUT2D eigenvalue weighted by Gasteiger charge is 2.06. The van der Waals surface area contributed by atoms with E-state index in [0.29, 0.717) is 0 Å². The van der Waals surface area contributed by atoms with E-state index in [9.17, 15) is 0 Å². The summed E-state index contributed by atoms with van der Waals surface area (Å²) >= 11 is 0. The fourth-order valence-corrected chi connectivity index (χ4v) is 1.86. The lowest BCUT2D eigenvalue weighted by molar-refractivity contribution is 1.05. The van der Waals surface area contributed by atoms with Crippen LogP contribution in [0.25, 0.3) is 0 Å². The van der Waals surface area contributed by atoms with Crippen LogP contribution in [0, 0.1) is 20.8 Å². The highest BCUT2D eigenvalue weighted by molar-refractivity contribution is 5.36. The van der Waals surface area contributed by atoms with Gasteiger partial charge in [0.15, 0.2) is 0 Å². The van der Waals surface area contributed by atoms with Crippen molar-refractivity contribution in [2.45, 2.75) is 27.2 Å². The molecule has 0 unspecified atom stereocenters. The summed E-state index contributed by atoms with van der Waals surface area (Å²) in [6.45, 7) is 6.38. The van der Waals surface area contributed by atoms with Gasteiger partial charge in [-0.05, 0) is 37.5 Å². The molecule has 2 heteroatoms. The second-order valence-corrected chi connectivity index (χ2v) is 4.02. The van der Waals surface area contributed by atoms with Crippen LogP contribution in [0.5, 0.6) is 0 Å². The average molecular weight is 200 g/mol. The van der Waals surface area contributed by atoms with Gasteiger partial charge in [0, 0.05) is 12.1 Å². The normalized spacial score (nSPS) is 10.6. The van der Waals surface area contributed by atoms with Crippen LogP contribution in [0.4, 0.5) is 0 Å². The molecule has 0 bridgehead atoms. The maximum atomic E-state index is 4.34. The third-order valence-electron chi connectivity index (χ3n) is 2.92. The predicted molar refractivity (Wildman–Crippen MR) is 62.0 cm³/mol. The second-order valence-electron chi connectivity index (χ2n) is 4.02. The maximum Gasteiger partial charge on any atom is 0.0925 e. The van der Waals surface area contributed by atoms with Gasteiger partial charge in [-0.2, -0.15) is 0 Å². The molecule has 0 spiro atoms. The molecule has 15 heavy (non-hydrogen) atoms. The molecule has 0 aliphatic carbocycles.